The lowest BCUT2D eigenvalue weighted by atomic mass is 10.1. The summed E-state index contributed by atoms with van der Waals surface area (Å²) in [5, 5.41) is 8.87. The van der Waals surface area contributed by atoms with E-state index in [1.165, 1.54) is 4.90 Å². The van der Waals surface area contributed by atoms with Crippen LogP contribution in [0.25, 0.3) is 0 Å². The molecule has 7 nitrogen and oxygen atoms in total. The normalized spacial score (nSPS) is 16.9. The zero-order chi connectivity index (χ0) is 14.4. The number of amides is 1. The lowest BCUT2D eigenvalue weighted by molar-refractivity contribution is -0.155. The molecule has 1 aliphatic rings. The topological polar surface area (TPSA) is 110 Å². The van der Waals surface area contributed by atoms with E-state index in [1.54, 1.807) is 6.92 Å². The second-order valence-electron chi connectivity index (χ2n) is 4.53. The van der Waals surface area contributed by atoms with Gasteiger partial charge in [0.15, 0.2) is 6.04 Å². The number of carbonyl (C=O) groups excluding carboxylic acids is 2. The molecule has 1 rings (SSSR count). The van der Waals surface area contributed by atoms with E-state index in [1.807, 2.05) is 0 Å². The Morgan fingerprint density at radius 1 is 1.37 bits per heavy atom. The molecule has 1 fully saturated rings. The molecule has 0 saturated heterocycles. The van der Waals surface area contributed by atoms with Gasteiger partial charge < -0.3 is 20.5 Å². The van der Waals surface area contributed by atoms with E-state index in [4.69, 9.17) is 10.8 Å². The maximum absolute atomic E-state index is 12.1. The fraction of sp³-hybridized carbons (Fsp3) is 0.750. The first-order valence-corrected chi connectivity index (χ1v) is 6.41. The van der Waals surface area contributed by atoms with Crippen molar-refractivity contribution in [1.29, 1.82) is 0 Å². The minimum absolute atomic E-state index is 0.127. The monoisotopic (exact) mass is 272 g/mol. The van der Waals surface area contributed by atoms with Gasteiger partial charge in [0.2, 0.25) is 0 Å². The quantitative estimate of drug-likeness (QED) is 0.509. The molecule has 7 heteroatoms. The second kappa shape index (κ2) is 7.08. The van der Waals surface area contributed by atoms with E-state index in [0.717, 1.165) is 25.7 Å². The van der Waals surface area contributed by atoms with Gasteiger partial charge in [-0.25, -0.2) is 4.79 Å². The molecule has 0 aromatic rings. The molecular formula is C12H20N2O5. The maximum Gasteiger partial charge on any atom is 0.332 e. The molecule has 1 saturated carbocycles. The van der Waals surface area contributed by atoms with Crippen LogP contribution >= 0.6 is 0 Å². The summed E-state index contributed by atoms with van der Waals surface area (Å²) in [5.41, 5.74) is 5.53. The summed E-state index contributed by atoms with van der Waals surface area (Å²) in [6.07, 6.45) is 3.38. The first kappa shape index (κ1) is 15.4. The molecule has 0 aliphatic heterocycles. The number of carbonyl (C=O) groups is 3. The zero-order valence-corrected chi connectivity index (χ0v) is 11.0. The molecule has 0 aromatic carbocycles. The van der Waals surface area contributed by atoms with Crippen molar-refractivity contribution in [2.45, 2.75) is 44.7 Å². The highest BCUT2D eigenvalue weighted by molar-refractivity contribution is 6.02. The van der Waals surface area contributed by atoms with Gasteiger partial charge in [0.25, 0.3) is 5.91 Å². The van der Waals surface area contributed by atoms with Crippen LogP contribution in [0.1, 0.15) is 32.6 Å². The van der Waals surface area contributed by atoms with Crippen molar-refractivity contribution in [2.24, 2.45) is 5.73 Å². The summed E-state index contributed by atoms with van der Waals surface area (Å²) < 4.78 is 4.68. The molecule has 1 unspecified atom stereocenters. The number of ether oxygens (including phenoxy) is 1. The Morgan fingerprint density at radius 3 is 2.42 bits per heavy atom. The number of hydrogen-bond acceptors (Lipinski definition) is 5. The van der Waals surface area contributed by atoms with Gasteiger partial charge in [0.1, 0.15) is 6.54 Å². The number of aliphatic carboxylic acids is 1. The average molecular weight is 272 g/mol. The summed E-state index contributed by atoms with van der Waals surface area (Å²) in [5.74, 6) is -2.61. The van der Waals surface area contributed by atoms with Gasteiger partial charge in [0.05, 0.1) is 6.61 Å². The molecule has 0 spiro atoms. The number of carboxylic acid groups (broad SMARTS) is 1. The number of nitrogens with two attached hydrogens (primary N) is 1. The van der Waals surface area contributed by atoms with E-state index in [-0.39, 0.29) is 12.6 Å². The summed E-state index contributed by atoms with van der Waals surface area (Å²) in [6, 6.07) is -1.59. The Hall–Kier alpha value is -1.63. The fourth-order valence-corrected chi connectivity index (χ4v) is 2.26. The largest absolute Gasteiger partial charge is 0.480 e. The predicted octanol–water partition coefficient (Wildman–Crippen LogP) is -0.267. The van der Waals surface area contributed by atoms with Crippen LogP contribution in [0.15, 0.2) is 0 Å². The van der Waals surface area contributed by atoms with Crippen LogP contribution in [-0.4, -0.2) is 53.1 Å². The molecule has 108 valence electrons. The fourth-order valence-electron chi connectivity index (χ4n) is 2.26. The van der Waals surface area contributed by atoms with Crippen molar-refractivity contribution < 1.29 is 24.2 Å². The summed E-state index contributed by atoms with van der Waals surface area (Å²) >= 11 is 0. The van der Waals surface area contributed by atoms with Crippen molar-refractivity contribution in [1.82, 2.24) is 4.90 Å². The summed E-state index contributed by atoms with van der Waals surface area (Å²) in [7, 11) is 0. The molecule has 3 N–H and O–H groups in total. The van der Waals surface area contributed by atoms with E-state index in [0.29, 0.717) is 0 Å². The Bertz CT molecular complexity index is 352. The highest BCUT2D eigenvalue weighted by atomic mass is 16.5. The van der Waals surface area contributed by atoms with E-state index < -0.39 is 30.4 Å². The van der Waals surface area contributed by atoms with Gasteiger partial charge in [0, 0.05) is 6.04 Å². The minimum Gasteiger partial charge on any atom is -0.480 e. The number of esters is 1. The number of carboxylic acids is 1. The highest BCUT2D eigenvalue weighted by Crippen LogP contribution is 2.23. The van der Waals surface area contributed by atoms with Gasteiger partial charge in [-0.1, -0.05) is 12.8 Å². The highest BCUT2D eigenvalue weighted by Gasteiger charge is 2.34. The van der Waals surface area contributed by atoms with Crippen LogP contribution in [-0.2, 0) is 19.1 Å². The second-order valence-corrected chi connectivity index (χ2v) is 4.53. The Labute approximate surface area is 111 Å². The van der Waals surface area contributed by atoms with E-state index >= 15 is 0 Å². The molecule has 0 heterocycles. The molecule has 0 aromatic heterocycles. The van der Waals surface area contributed by atoms with Gasteiger partial charge >= 0.3 is 11.9 Å². The summed E-state index contributed by atoms with van der Waals surface area (Å²) in [6.45, 7) is 1.31. The first-order chi connectivity index (χ1) is 8.97. The number of rotatable bonds is 6. The lowest BCUT2D eigenvalue weighted by Gasteiger charge is -2.29. The minimum atomic E-state index is -1.44. The Morgan fingerprint density at radius 2 is 1.95 bits per heavy atom. The van der Waals surface area contributed by atoms with Gasteiger partial charge in [-0.15, -0.1) is 0 Å². The van der Waals surface area contributed by atoms with Crippen LogP contribution in [0.3, 0.4) is 0 Å². The van der Waals surface area contributed by atoms with Crippen molar-refractivity contribution in [2.75, 3.05) is 13.2 Å². The van der Waals surface area contributed by atoms with E-state index in [2.05, 4.69) is 4.74 Å². The van der Waals surface area contributed by atoms with Crippen molar-refractivity contribution in [3.63, 3.8) is 0 Å². The molecule has 1 aliphatic carbocycles. The lowest BCUT2D eigenvalue weighted by Crippen LogP contribution is -2.53. The molecule has 19 heavy (non-hydrogen) atoms. The molecule has 0 radical (unpaired) electrons. The van der Waals surface area contributed by atoms with Crippen LogP contribution in [0.5, 0.6) is 0 Å². The van der Waals surface area contributed by atoms with Crippen molar-refractivity contribution >= 4 is 17.8 Å². The third-order valence-corrected chi connectivity index (χ3v) is 3.16. The molecule has 1 amide bonds. The van der Waals surface area contributed by atoms with Crippen molar-refractivity contribution in [3.8, 4) is 0 Å². The van der Waals surface area contributed by atoms with Crippen LogP contribution < -0.4 is 5.73 Å². The van der Waals surface area contributed by atoms with E-state index in [9.17, 15) is 14.4 Å². The maximum atomic E-state index is 12.1. The number of nitrogens with zero attached hydrogens (tertiary/aromatic N) is 1. The van der Waals surface area contributed by atoms with Crippen LogP contribution in [0, 0.1) is 0 Å². The van der Waals surface area contributed by atoms with Crippen molar-refractivity contribution in [3.05, 3.63) is 0 Å². The third kappa shape index (κ3) is 4.20. The average Bonchev–Trinajstić information content (AvgIpc) is 2.87. The molecule has 1 atom stereocenters. The smallest absolute Gasteiger partial charge is 0.332 e. The standard InChI is InChI=1S/C12H20N2O5/c1-2-19-12(18)10(13)11(17)14(7-9(15)16)8-5-3-4-6-8/h8,10H,2-7,13H2,1H3,(H,15,16). The number of hydrogen-bond donors (Lipinski definition) is 2. The van der Waals surface area contributed by atoms with Gasteiger partial charge in [-0.2, -0.15) is 0 Å². The SMILES string of the molecule is CCOC(=O)C(N)C(=O)N(CC(=O)O)C1CCCC1. The zero-order valence-electron chi connectivity index (χ0n) is 11.0. The molecule has 0 bridgehead atoms. The first-order valence-electron chi connectivity index (χ1n) is 6.41. The molecular weight excluding hydrogens is 252 g/mol. The predicted molar refractivity (Wildman–Crippen MR) is 66.2 cm³/mol. The summed E-state index contributed by atoms with van der Waals surface area (Å²) in [4.78, 5) is 35.6. The van der Waals surface area contributed by atoms with Gasteiger partial charge in [-0.3, -0.25) is 9.59 Å². The van der Waals surface area contributed by atoms with Crippen LogP contribution in [0.2, 0.25) is 0 Å². The van der Waals surface area contributed by atoms with Crippen LogP contribution in [0.4, 0.5) is 0 Å². The third-order valence-electron chi connectivity index (χ3n) is 3.16. The Balaban J connectivity index is 2.75. The Kier molecular flexibility index (Phi) is 5.75. The van der Waals surface area contributed by atoms with Gasteiger partial charge in [-0.05, 0) is 19.8 Å².